The number of nitrogens with one attached hydrogen (secondary N) is 1. The van der Waals surface area contributed by atoms with Gasteiger partial charge in [0.2, 0.25) is 5.91 Å². The van der Waals surface area contributed by atoms with Crippen molar-refractivity contribution in [1.29, 1.82) is 0 Å². The van der Waals surface area contributed by atoms with Gasteiger partial charge in [0, 0.05) is 12.6 Å². The van der Waals surface area contributed by atoms with Crippen LogP contribution in [0.1, 0.15) is 5.56 Å². The number of carbonyl (C=O) groups excluding carboxylic acids is 1. The van der Waals surface area contributed by atoms with Crippen molar-refractivity contribution in [3.8, 4) is 0 Å². The van der Waals surface area contributed by atoms with Crippen molar-refractivity contribution in [3.05, 3.63) is 47.4 Å². The summed E-state index contributed by atoms with van der Waals surface area (Å²) in [6.45, 7) is 0.682. The Labute approximate surface area is 94.8 Å². The van der Waals surface area contributed by atoms with Gasteiger partial charge in [0.05, 0.1) is 0 Å². The predicted octanol–water partition coefficient (Wildman–Crippen LogP) is 2.22. The van der Waals surface area contributed by atoms with E-state index in [9.17, 15) is 4.79 Å². The van der Waals surface area contributed by atoms with Gasteiger partial charge in [-0.25, -0.2) is 0 Å². The summed E-state index contributed by atoms with van der Waals surface area (Å²) in [5.74, 6) is -0.0275. The first-order valence-corrected chi connectivity index (χ1v) is 6.13. The molecule has 2 nitrogen and oxygen atoms in total. The highest BCUT2D eigenvalue weighted by molar-refractivity contribution is 8.01. The smallest absolute Gasteiger partial charge is 0.244 e. The summed E-state index contributed by atoms with van der Waals surface area (Å²) in [7, 11) is 0. The molecule has 0 saturated carbocycles. The van der Waals surface area contributed by atoms with E-state index in [4.69, 9.17) is 0 Å². The lowest BCUT2D eigenvalue weighted by Crippen LogP contribution is -2.23. The van der Waals surface area contributed by atoms with Crippen LogP contribution in [0.3, 0.4) is 0 Å². The average molecular weight is 221 g/mol. The van der Waals surface area contributed by atoms with Gasteiger partial charge < -0.3 is 5.32 Å². The zero-order valence-corrected chi connectivity index (χ0v) is 9.59. The fourth-order valence-electron chi connectivity index (χ4n) is 1.16. The number of amides is 1. The summed E-state index contributed by atoms with van der Waals surface area (Å²) in [6.07, 6.45) is 4.35. The van der Waals surface area contributed by atoms with Crippen molar-refractivity contribution < 1.29 is 4.79 Å². The van der Waals surface area contributed by atoms with Gasteiger partial charge in [0.15, 0.2) is 0 Å². The highest BCUT2D eigenvalue weighted by Gasteiger charge is 1.94. The molecule has 1 rings (SSSR count). The van der Waals surface area contributed by atoms with Gasteiger partial charge in [-0.2, -0.15) is 0 Å². The largest absolute Gasteiger partial charge is 0.352 e. The van der Waals surface area contributed by atoms with Gasteiger partial charge in [0.1, 0.15) is 0 Å². The van der Waals surface area contributed by atoms with E-state index in [-0.39, 0.29) is 5.91 Å². The lowest BCUT2D eigenvalue weighted by Gasteiger charge is -2.01. The Balaban J connectivity index is 2.22. The summed E-state index contributed by atoms with van der Waals surface area (Å²) < 4.78 is 0. The van der Waals surface area contributed by atoms with Crippen molar-refractivity contribution >= 4 is 17.7 Å². The normalized spacial score (nSPS) is 10.5. The Kier molecular flexibility index (Phi) is 5.63. The quantitative estimate of drug-likeness (QED) is 0.772. The molecule has 3 heteroatoms. The van der Waals surface area contributed by atoms with Gasteiger partial charge in [-0.3, -0.25) is 4.79 Å². The second kappa shape index (κ2) is 7.12. The minimum absolute atomic E-state index is 0.0275. The van der Waals surface area contributed by atoms with Crippen LogP contribution in [0.4, 0.5) is 0 Å². The Morgan fingerprint density at radius 2 is 2.13 bits per heavy atom. The topological polar surface area (TPSA) is 29.1 Å². The van der Waals surface area contributed by atoms with E-state index in [0.29, 0.717) is 6.54 Å². The van der Waals surface area contributed by atoms with E-state index in [1.165, 1.54) is 17.3 Å². The number of hydrogen-bond donors (Lipinski definition) is 1. The van der Waals surface area contributed by atoms with Gasteiger partial charge in [-0.15, -0.1) is 11.8 Å². The van der Waals surface area contributed by atoms with Crippen LogP contribution in [0.5, 0.6) is 0 Å². The van der Waals surface area contributed by atoms with Crippen molar-refractivity contribution in [1.82, 2.24) is 5.32 Å². The van der Waals surface area contributed by atoms with Gasteiger partial charge >= 0.3 is 0 Å². The van der Waals surface area contributed by atoms with Crippen LogP contribution in [-0.4, -0.2) is 18.7 Å². The molecule has 1 aromatic carbocycles. The number of rotatable bonds is 5. The molecule has 80 valence electrons. The minimum Gasteiger partial charge on any atom is -0.352 e. The Hall–Kier alpha value is -1.22. The van der Waals surface area contributed by atoms with Gasteiger partial charge in [-0.05, 0) is 23.6 Å². The minimum atomic E-state index is -0.0275. The molecule has 0 aromatic heterocycles. The fourth-order valence-corrected chi connectivity index (χ4v) is 1.42. The van der Waals surface area contributed by atoms with Crippen molar-refractivity contribution in [2.24, 2.45) is 0 Å². The standard InChI is InChI=1S/C12H15NOS/c1-15-10-8-12(14)13-9-7-11-5-3-2-4-6-11/h2-6,8,10H,7,9H2,1H3,(H,13,14). The van der Waals surface area contributed by atoms with E-state index in [0.717, 1.165) is 6.42 Å². The van der Waals surface area contributed by atoms with E-state index in [1.54, 1.807) is 11.5 Å². The zero-order chi connectivity index (χ0) is 10.9. The van der Waals surface area contributed by atoms with Crippen LogP contribution >= 0.6 is 11.8 Å². The molecule has 0 aliphatic carbocycles. The van der Waals surface area contributed by atoms with Crippen LogP contribution in [0.25, 0.3) is 0 Å². The monoisotopic (exact) mass is 221 g/mol. The molecule has 0 atom stereocenters. The van der Waals surface area contributed by atoms with Crippen LogP contribution in [-0.2, 0) is 11.2 Å². The molecule has 0 saturated heterocycles. The molecule has 0 unspecified atom stereocenters. The highest BCUT2D eigenvalue weighted by Crippen LogP contribution is 1.98. The molecule has 1 aromatic rings. The summed E-state index contributed by atoms with van der Waals surface area (Å²) in [6, 6.07) is 10.1. The molecule has 0 radical (unpaired) electrons. The molecule has 1 amide bonds. The second-order valence-electron chi connectivity index (χ2n) is 3.07. The molecular weight excluding hydrogens is 206 g/mol. The molecule has 0 bridgehead atoms. The maximum atomic E-state index is 11.2. The van der Waals surface area contributed by atoms with Gasteiger partial charge in [-0.1, -0.05) is 30.3 Å². The zero-order valence-electron chi connectivity index (χ0n) is 8.77. The third kappa shape index (κ3) is 5.27. The first kappa shape index (κ1) is 11.9. The maximum absolute atomic E-state index is 11.2. The average Bonchev–Trinajstić information content (AvgIpc) is 2.28. The number of thioether (sulfide) groups is 1. The Morgan fingerprint density at radius 3 is 2.80 bits per heavy atom. The lowest BCUT2D eigenvalue weighted by atomic mass is 10.1. The van der Waals surface area contributed by atoms with Crippen LogP contribution in [0.2, 0.25) is 0 Å². The summed E-state index contributed by atoms with van der Waals surface area (Å²) in [5.41, 5.74) is 1.24. The first-order valence-electron chi connectivity index (χ1n) is 4.84. The molecule has 0 fully saturated rings. The Bertz CT molecular complexity index is 322. The molecule has 0 aliphatic heterocycles. The van der Waals surface area contributed by atoms with Gasteiger partial charge in [0.25, 0.3) is 0 Å². The van der Waals surface area contributed by atoms with Crippen LogP contribution in [0, 0.1) is 0 Å². The SMILES string of the molecule is CSC=CC(=O)NCCc1ccccc1. The maximum Gasteiger partial charge on any atom is 0.244 e. The predicted molar refractivity (Wildman–Crippen MR) is 65.8 cm³/mol. The second-order valence-corrected chi connectivity index (χ2v) is 3.81. The number of hydrogen-bond acceptors (Lipinski definition) is 2. The number of benzene rings is 1. The third-order valence-corrected chi connectivity index (χ3v) is 2.32. The Morgan fingerprint density at radius 1 is 1.40 bits per heavy atom. The fraction of sp³-hybridized carbons (Fsp3) is 0.250. The molecule has 0 spiro atoms. The van der Waals surface area contributed by atoms with Crippen LogP contribution in [0.15, 0.2) is 41.8 Å². The molecule has 0 aliphatic rings. The van der Waals surface area contributed by atoms with E-state index >= 15 is 0 Å². The van der Waals surface area contributed by atoms with E-state index < -0.39 is 0 Å². The van der Waals surface area contributed by atoms with E-state index in [2.05, 4.69) is 17.4 Å². The summed E-state index contributed by atoms with van der Waals surface area (Å²) >= 11 is 1.52. The molecule has 1 N–H and O–H groups in total. The third-order valence-electron chi connectivity index (χ3n) is 1.91. The molecule has 15 heavy (non-hydrogen) atoms. The van der Waals surface area contributed by atoms with Crippen LogP contribution < -0.4 is 5.32 Å². The van der Waals surface area contributed by atoms with Crippen molar-refractivity contribution in [3.63, 3.8) is 0 Å². The first-order chi connectivity index (χ1) is 7.33. The van der Waals surface area contributed by atoms with Crippen molar-refractivity contribution in [2.45, 2.75) is 6.42 Å². The lowest BCUT2D eigenvalue weighted by molar-refractivity contribution is -0.116. The van der Waals surface area contributed by atoms with Crippen molar-refractivity contribution in [2.75, 3.05) is 12.8 Å². The summed E-state index contributed by atoms with van der Waals surface area (Å²) in [5, 5.41) is 4.60. The van der Waals surface area contributed by atoms with E-state index in [1.807, 2.05) is 24.5 Å². The highest BCUT2D eigenvalue weighted by atomic mass is 32.2. The number of carbonyl (C=O) groups is 1. The molecule has 0 heterocycles. The molecular formula is C12H15NOS. The summed E-state index contributed by atoms with van der Waals surface area (Å²) in [4.78, 5) is 11.2.